The van der Waals surface area contributed by atoms with Gasteiger partial charge in [0.15, 0.2) is 0 Å². The first-order valence-electron chi connectivity index (χ1n) is 5.22. The molecule has 1 aromatic carbocycles. The normalized spacial score (nSPS) is 11.8. The minimum Gasteiger partial charge on any atom is -0.468 e. The van der Waals surface area contributed by atoms with Crippen molar-refractivity contribution in [1.82, 2.24) is 5.32 Å². The number of aryl methyl sites for hydroxylation is 1. The summed E-state index contributed by atoms with van der Waals surface area (Å²) in [5.41, 5.74) is 1.59. The Morgan fingerprint density at radius 3 is 2.67 bits per heavy atom. The summed E-state index contributed by atoms with van der Waals surface area (Å²) in [7, 11) is 1.30. The zero-order chi connectivity index (χ0) is 13.7. The zero-order valence-electron chi connectivity index (χ0n) is 10.00. The maximum atomic E-state index is 11.9. The van der Waals surface area contributed by atoms with Gasteiger partial charge in [-0.25, -0.2) is 0 Å². The highest BCUT2D eigenvalue weighted by molar-refractivity contribution is 9.10. The van der Waals surface area contributed by atoms with Crippen LogP contribution in [0.5, 0.6) is 0 Å². The van der Waals surface area contributed by atoms with Crippen LogP contribution in [0.3, 0.4) is 0 Å². The molecule has 1 N–H and O–H groups in total. The van der Waals surface area contributed by atoms with E-state index in [0.717, 1.165) is 10.0 Å². The number of nitrogens with one attached hydrogen (secondary N) is 1. The number of methoxy groups -OCH3 is 1. The summed E-state index contributed by atoms with van der Waals surface area (Å²) < 4.78 is 5.27. The number of carbonyl (C=O) groups excluding carboxylic acids is 2. The molecule has 1 atom stereocenters. The molecule has 0 aliphatic carbocycles. The molecular formula is C12H13Br2NO3. The maximum Gasteiger partial charge on any atom is 0.321 e. The van der Waals surface area contributed by atoms with Gasteiger partial charge < -0.3 is 10.1 Å². The highest BCUT2D eigenvalue weighted by Crippen LogP contribution is 2.18. The minimum atomic E-state index is -0.546. The number of ether oxygens (including phenoxy) is 1. The lowest BCUT2D eigenvalue weighted by Gasteiger charge is -2.10. The molecule has 0 saturated heterocycles. The highest BCUT2D eigenvalue weighted by Gasteiger charge is 2.17. The van der Waals surface area contributed by atoms with Gasteiger partial charge in [-0.3, -0.25) is 9.59 Å². The molecule has 4 nitrogen and oxygen atoms in total. The van der Waals surface area contributed by atoms with Crippen LogP contribution in [0.15, 0.2) is 22.7 Å². The smallest absolute Gasteiger partial charge is 0.321 e. The molecule has 0 aromatic heterocycles. The monoisotopic (exact) mass is 377 g/mol. The Labute approximate surface area is 122 Å². The molecule has 1 aromatic rings. The Bertz CT molecular complexity index is 463. The van der Waals surface area contributed by atoms with Crippen LogP contribution in [-0.4, -0.2) is 30.4 Å². The van der Waals surface area contributed by atoms with Crippen LogP contribution in [0.25, 0.3) is 0 Å². The summed E-state index contributed by atoms with van der Waals surface area (Å²) in [5.74, 6) is -0.659. The van der Waals surface area contributed by atoms with E-state index in [1.54, 1.807) is 6.07 Å². The van der Waals surface area contributed by atoms with Gasteiger partial charge in [0.05, 0.1) is 12.7 Å². The predicted octanol–water partition coefficient (Wildman–Crippen LogP) is 2.42. The van der Waals surface area contributed by atoms with Crippen LogP contribution in [0.2, 0.25) is 0 Å². The topological polar surface area (TPSA) is 55.4 Å². The number of carbonyl (C=O) groups is 2. The van der Waals surface area contributed by atoms with E-state index in [-0.39, 0.29) is 12.5 Å². The summed E-state index contributed by atoms with van der Waals surface area (Å²) in [6.45, 7) is 2.12. The van der Waals surface area contributed by atoms with Gasteiger partial charge in [-0.15, -0.1) is 0 Å². The van der Waals surface area contributed by atoms with E-state index in [2.05, 4.69) is 41.9 Å². The second-order valence-corrected chi connectivity index (χ2v) is 5.64. The molecule has 0 heterocycles. The van der Waals surface area contributed by atoms with Gasteiger partial charge >= 0.3 is 5.97 Å². The number of esters is 1. The standard InChI is InChI=1S/C12H13Br2NO3/c1-7-3-4-8(9(13)5-7)11(16)15-6-10(14)12(17)18-2/h3-5,10H,6H2,1-2H3,(H,15,16). The molecule has 0 bridgehead atoms. The van der Waals surface area contributed by atoms with Crippen LogP contribution in [0.4, 0.5) is 0 Å². The molecule has 0 aliphatic heterocycles. The number of benzene rings is 1. The molecule has 0 radical (unpaired) electrons. The quantitative estimate of drug-likeness (QED) is 0.646. The van der Waals surface area contributed by atoms with E-state index in [0.29, 0.717) is 5.56 Å². The number of amides is 1. The van der Waals surface area contributed by atoms with Gasteiger partial charge in [0.1, 0.15) is 4.83 Å². The van der Waals surface area contributed by atoms with Gasteiger partial charge in [-0.2, -0.15) is 0 Å². The second-order valence-electron chi connectivity index (χ2n) is 3.68. The van der Waals surface area contributed by atoms with E-state index in [4.69, 9.17) is 0 Å². The Kier molecular flexibility index (Phi) is 5.81. The van der Waals surface area contributed by atoms with Crippen molar-refractivity contribution in [3.8, 4) is 0 Å². The third kappa shape index (κ3) is 4.10. The Morgan fingerprint density at radius 1 is 1.44 bits per heavy atom. The minimum absolute atomic E-state index is 0.172. The molecular weight excluding hydrogens is 366 g/mol. The zero-order valence-corrected chi connectivity index (χ0v) is 13.2. The lowest BCUT2D eigenvalue weighted by atomic mass is 10.1. The molecule has 0 fully saturated rings. The molecule has 6 heteroatoms. The van der Waals surface area contributed by atoms with Crippen molar-refractivity contribution in [3.63, 3.8) is 0 Å². The van der Waals surface area contributed by atoms with Crippen molar-refractivity contribution in [2.75, 3.05) is 13.7 Å². The Morgan fingerprint density at radius 2 is 2.11 bits per heavy atom. The van der Waals surface area contributed by atoms with Gasteiger partial charge in [0, 0.05) is 11.0 Å². The fraction of sp³-hybridized carbons (Fsp3) is 0.333. The van der Waals surface area contributed by atoms with Gasteiger partial charge in [0.25, 0.3) is 5.91 Å². The Hall–Kier alpha value is -0.880. The van der Waals surface area contributed by atoms with Crippen LogP contribution >= 0.6 is 31.9 Å². The Balaban J connectivity index is 2.63. The highest BCUT2D eigenvalue weighted by atomic mass is 79.9. The van der Waals surface area contributed by atoms with E-state index < -0.39 is 10.8 Å². The lowest BCUT2D eigenvalue weighted by molar-refractivity contribution is -0.139. The molecule has 1 amide bonds. The summed E-state index contributed by atoms with van der Waals surface area (Å²) >= 11 is 6.47. The van der Waals surface area contributed by atoms with E-state index >= 15 is 0 Å². The molecule has 98 valence electrons. The predicted molar refractivity (Wildman–Crippen MR) is 75.9 cm³/mol. The SMILES string of the molecule is COC(=O)C(Br)CNC(=O)c1ccc(C)cc1Br. The van der Waals surface area contributed by atoms with Crippen LogP contribution < -0.4 is 5.32 Å². The molecule has 0 saturated carbocycles. The van der Waals surface area contributed by atoms with Crippen molar-refractivity contribution in [2.24, 2.45) is 0 Å². The first-order chi connectivity index (χ1) is 8.45. The van der Waals surface area contributed by atoms with Gasteiger partial charge in [0.2, 0.25) is 0 Å². The molecule has 0 spiro atoms. The van der Waals surface area contributed by atoms with Crippen LogP contribution in [0, 0.1) is 6.92 Å². The van der Waals surface area contributed by atoms with Crippen molar-refractivity contribution in [1.29, 1.82) is 0 Å². The first-order valence-corrected chi connectivity index (χ1v) is 6.93. The molecule has 18 heavy (non-hydrogen) atoms. The summed E-state index contributed by atoms with van der Waals surface area (Å²) in [4.78, 5) is 22.5. The van der Waals surface area contributed by atoms with E-state index in [1.165, 1.54) is 7.11 Å². The number of halogens is 2. The van der Waals surface area contributed by atoms with E-state index in [1.807, 2.05) is 19.1 Å². The number of hydrogen-bond acceptors (Lipinski definition) is 3. The lowest BCUT2D eigenvalue weighted by Crippen LogP contribution is -2.34. The number of hydrogen-bond donors (Lipinski definition) is 1. The largest absolute Gasteiger partial charge is 0.468 e. The van der Waals surface area contributed by atoms with Crippen LogP contribution in [-0.2, 0) is 9.53 Å². The maximum absolute atomic E-state index is 11.9. The fourth-order valence-electron chi connectivity index (χ4n) is 1.29. The first kappa shape index (κ1) is 15.2. The summed E-state index contributed by atoms with van der Waals surface area (Å²) in [6.07, 6.45) is 0. The number of rotatable bonds is 4. The summed E-state index contributed by atoms with van der Waals surface area (Å²) in [5, 5.41) is 2.66. The second kappa shape index (κ2) is 6.89. The van der Waals surface area contributed by atoms with Crippen molar-refractivity contribution < 1.29 is 14.3 Å². The summed E-state index contributed by atoms with van der Waals surface area (Å²) in [6, 6.07) is 5.45. The third-order valence-corrected chi connectivity index (χ3v) is 3.62. The van der Waals surface area contributed by atoms with Crippen molar-refractivity contribution in [3.05, 3.63) is 33.8 Å². The fourth-order valence-corrected chi connectivity index (χ4v) is 2.32. The van der Waals surface area contributed by atoms with Gasteiger partial charge in [-0.1, -0.05) is 22.0 Å². The number of alkyl halides is 1. The molecule has 0 aliphatic rings. The average Bonchev–Trinajstić information content (AvgIpc) is 2.34. The van der Waals surface area contributed by atoms with Gasteiger partial charge in [-0.05, 0) is 40.5 Å². The molecule has 1 unspecified atom stereocenters. The van der Waals surface area contributed by atoms with Crippen molar-refractivity contribution in [2.45, 2.75) is 11.8 Å². The third-order valence-electron chi connectivity index (χ3n) is 2.27. The van der Waals surface area contributed by atoms with Crippen molar-refractivity contribution >= 4 is 43.7 Å². The molecule has 1 rings (SSSR count). The average molecular weight is 379 g/mol. The van der Waals surface area contributed by atoms with E-state index in [9.17, 15) is 9.59 Å². The van der Waals surface area contributed by atoms with Crippen LogP contribution in [0.1, 0.15) is 15.9 Å².